The molecule has 2 N–H and O–H groups in total. The molecule has 2 aliphatic rings. The average molecular weight is 210 g/mol. The second-order valence-corrected chi connectivity index (χ2v) is 5.55. The van der Waals surface area contributed by atoms with E-state index >= 15 is 0 Å². The highest BCUT2D eigenvalue weighted by molar-refractivity contribution is 4.83. The van der Waals surface area contributed by atoms with E-state index in [1.165, 1.54) is 58.0 Å². The van der Waals surface area contributed by atoms with E-state index in [0.717, 1.165) is 12.0 Å². The van der Waals surface area contributed by atoms with Crippen molar-refractivity contribution >= 4 is 0 Å². The smallest absolute Gasteiger partial charge is 0.00793 e. The molecule has 0 aromatic rings. The zero-order valence-electron chi connectivity index (χ0n) is 10.1. The van der Waals surface area contributed by atoms with Crippen molar-refractivity contribution in [1.29, 1.82) is 0 Å². The summed E-state index contributed by atoms with van der Waals surface area (Å²) < 4.78 is 0. The van der Waals surface area contributed by atoms with Crippen molar-refractivity contribution in [3.8, 4) is 0 Å². The summed E-state index contributed by atoms with van der Waals surface area (Å²) in [6.45, 7) is 4.95. The van der Waals surface area contributed by atoms with E-state index in [-0.39, 0.29) is 0 Å². The third-order valence-electron chi connectivity index (χ3n) is 4.38. The maximum absolute atomic E-state index is 6.28. The highest BCUT2D eigenvalue weighted by Gasteiger charge is 2.27. The van der Waals surface area contributed by atoms with Crippen LogP contribution < -0.4 is 5.73 Å². The fraction of sp³-hybridized carbons (Fsp3) is 1.00. The summed E-state index contributed by atoms with van der Waals surface area (Å²) in [5, 5.41) is 0. The number of hydrogen-bond acceptors (Lipinski definition) is 2. The summed E-state index contributed by atoms with van der Waals surface area (Å²) in [7, 11) is 0. The Kier molecular flexibility index (Phi) is 4.04. The van der Waals surface area contributed by atoms with Gasteiger partial charge in [0.2, 0.25) is 0 Å². The van der Waals surface area contributed by atoms with Gasteiger partial charge in [0.1, 0.15) is 0 Å². The normalized spacial score (nSPS) is 39.2. The molecule has 3 atom stereocenters. The van der Waals surface area contributed by atoms with E-state index in [9.17, 15) is 0 Å². The van der Waals surface area contributed by atoms with Gasteiger partial charge in [0.25, 0.3) is 0 Å². The van der Waals surface area contributed by atoms with Crippen LogP contribution in [0.25, 0.3) is 0 Å². The van der Waals surface area contributed by atoms with Gasteiger partial charge in [-0.3, -0.25) is 0 Å². The highest BCUT2D eigenvalue weighted by Crippen LogP contribution is 2.26. The molecule has 0 aromatic carbocycles. The Bertz CT molecular complexity index is 193. The molecule has 1 heterocycles. The van der Waals surface area contributed by atoms with Crippen LogP contribution in [0, 0.1) is 5.92 Å². The Morgan fingerprint density at radius 1 is 1.07 bits per heavy atom. The van der Waals surface area contributed by atoms with Crippen LogP contribution in [0.1, 0.15) is 51.9 Å². The fourth-order valence-electron chi connectivity index (χ4n) is 3.20. The molecular formula is C13H26N2. The van der Waals surface area contributed by atoms with Gasteiger partial charge in [-0.25, -0.2) is 0 Å². The molecule has 0 bridgehead atoms. The molecule has 2 rings (SSSR count). The van der Waals surface area contributed by atoms with Crippen molar-refractivity contribution in [3.63, 3.8) is 0 Å². The summed E-state index contributed by atoms with van der Waals surface area (Å²) in [5.41, 5.74) is 6.28. The fourth-order valence-corrected chi connectivity index (χ4v) is 3.20. The van der Waals surface area contributed by atoms with Gasteiger partial charge in [-0.05, 0) is 45.1 Å². The standard InChI is InChI=1S/C13H26N2/c1-11-6-5-9-15(11)10-12-7-3-2-4-8-13(12)14/h11-13H,2-10,14H2,1H3. The van der Waals surface area contributed by atoms with E-state index in [1.807, 2.05) is 0 Å². The Morgan fingerprint density at radius 3 is 2.60 bits per heavy atom. The first kappa shape index (κ1) is 11.4. The topological polar surface area (TPSA) is 29.3 Å². The molecule has 0 radical (unpaired) electrons. The second kappa shape index (κ2) is 5.31. The highest BCUT2D eigenvalue weighted by atomic mass is 15.2. The van der Waals surface area contributed by atoms with Crippen LogP contribution in [0.2, 0.25) is 0 Å². The van der Waals surface area contributed by atoms with Gasteiger partial charge < -0.3 is 10.6 Å². The van der Waals surface area contributed by atoms with Crippen LogP contribution >= 0.6 is 0 Å². The van der Waals surface area contributed by atoms with Gasteiger partial charge in [0.15, 0.2) is 0 Å². The van der Waals surface area contributed by atoms with E-state index < -0.39 is 0 Å². The largest absolute Gasteiger partial charge is 0.327 e. The predicted molar refractivity (Wildman–Crippen MR) is 64.8 cm³/mol. The Hall–Kier alpha value is -0.0800. The van der Waals surface area contributed by atoms with E-state index in [4.69, 9.17) is 5.73 Å². The minimum absolute atomic E-state index is 0.472. The van der Waals surface area contributed by atoms with Crippen LogP contribution in [0.3, 0.4) is 0 Å². The van der Waals surface area contributed by atoms with Gasteiger partial charge in [-0.1, -0.05) is 19.3 Å². The van der Waals surface area contributed by atoms with Gasteiger partial charge in [-0.15, -0.1) is 0 Å². The lowest BCUT2D eigenvalue weighted by Gasteiger charge is -2.29. The van der Waals surface area contributed by atoms with Crippen LogP contribution in [0.5, 0.6) is 0 Å². The minimum atomic E-state index is 0.472. The first-order valence-electron chi connectivity index (χ1n) is 6.77. The predicted octanol–water partition coefficient (Wildman–Crippen LogP) is 2.38. The lowest BCUT2D eigenvalue weighted by molar-refractivity contribution is 0.202. The van der Waals surface area contributed by atoms with Crippen LogP contribution in [-0.2, 0) is 0 Å². The SMILES string of the molecule is CC1CCCN1CC1CCCCCC1N. The number of nitrogens with two attached hydrogens (primary N) is 1. The van der Waals surface area contributed by atoms with Gasteiger partial charge in [-0.2, -0.15) is 0 Å². The summed E-state index contributed by atoms with van der Waals surface area (Å²) in [5.74, 6) is 0.771. The minimum Gasteiger partial charge on any atom is -0.327 e. The van der Waals surface area contributed by atoms with Crippen molar-refractivity contribution in [2.45, 2.75) is 64.0 Å². The molecule has 3 unspecified atom stereocenters. The molecule has 88 valence electrons. The molecule has 2 heteroatoms. The van der Waals surface area contributed by atoms with Gasteiger partial charge in [0.05, 0.1) is 0 Å². The van der Waals surface area contributed by atoms with Crippen molar-refractivity contribution in [1.82, 2.24) is 4.90 Å². The Balaban J connectivity index is 1.85. The average Bonchev–Trinajstić information content (AvgIpc) is 2.50. The van der Waals surface area contributed by atoms with Crippen molar-refractivity contribution in [3.05, 3.63) is 0 Å². The summed E-state index contributed by atoms with van der Waals surface area (Å²) in [4.78, 5) is 2.66. The lowest BCUT2D eigenvalue weighted by Crippen LogP contribution is -2.40. The van der Waals surface area contributed by atoms with Crippen LogP contribution in [0.4, 0.5) is 0 Å². The number of likely N-dealkylation sites (tertiary alicyclic amines) is 1. The molecule has 1 aliphatic carbocycles. The molecule has 1 aliphatic heterocycles. The zero-order valence-corrected chi connectivity index (χ0v) is 10.1. The van der Waals surface area contributed by atoms with Crippen LogP contribution in [0.15, 0.2) is 0 Å². The maximum Gasteiger partial charge on any atom is 0.00793 e. The molecule has 2 fully saturated rings. The second-order valence-electron chi connectivity index (χ2n) is 5.55. The van der Waals surface area contributed by atoms with Crippen molar-refractivity contribution in [2.24, 2.45) is 11.7 Å². The monoisotopic (exact) mass is 210 g/mol. The zero-order chi connectivity index (χ0) is 10.7. The molecule has 0 aromatic heterocycles. The maximum atomic E-state index is 6.28. The Morgan fingerprint density at radius 2 is 1.87 bits per heavy atom. The molecule has 2 nitrogen and oxygen atoms in total. The third-order valence-corrected chi connectivity index (χ3v) is 4.38. The number of hydrogen-bond donors (Lipinski definition) is 1. The summed E-state index contributed by atoms with van der Waals surface area (Å²) >= 11 is 0. The summed E-state index contributed by atoms with van der Waals surface area (Å²) in [6.07, 6.45) is 9.57. The van der Waals surface area contributed by atoms with E-state index in [1.54, 1.807) is 0 Å². The van der Waals surface area contributed by atoms with Gasteiger partial charge in [0, 0.05) is 18.6 Å². The van der Waals surface area contributed by atoms with Crippen LogP contribution in [-0.4, -0.2) is 30.1 Å². The Labute approximate surface area is 94.2 Å². The quantitative estimate of drug-likeness (QED) is 0.709. The molecule has 0 spiro atoms. The molecule has 0 amide bonds. The molecular weight excluding hydrogens is 184 g/mol. The first-order chi connectivity index (χ1) is 7.27. The van der Waals surface area contributed by atoms with E-state index in [2.05, 4.69) is 11.8 Å². The van der Waals surface area contributed by atoms with Gasteiger partial charge >= 0.3 is 0 Å². The first-order valence-corrected chi connectivity index (χ1v) is 6.77. The van der Waals surface area contributed by atoms with Crippen molar-refractivity contribution in [2.75, 3.05) is 13.1 Å². The lowest BCUT2D eigenvalue weighted by atomic mass is 9.95. The number of rotatable bonds is 2. The summed E-state index contributed by atoms with van der Waals surface area (Å²) in [6, 6.07) is 1.28. The molecule has 1 saturated carbocycles. The third kappa shape index (κ3) is 2.94. The van der Waals surface area contributed by atoms with E-state index in [0.29, 0.717) is 6.04 Å². The van der Waals surface area contributed by atoms with Crippen molar-refractivity contribution < 1.29 is 0 Å². The molecule has 15 heavy (non-hydrogen) atoms. The number of nitrogens with zero attached hydrogens (tertiary/aromatic N) is 1. The molecule has 1 saturated heterocycles.